The first kappa shape index (κ1) is 16.3. The fourth-order valence-electron chi connectivity index (χ4n) is 3.76. The van der Waals surface area contributed by atoms with E-state index in [1.807, 2.05) is 4.90 Å². The first-order chi connectivity index (χ1) is 10.2. The van der Waals surface area contributed by atoms with Gasteiger partial charge in [0.25, 0.3) is 0 Å². The van der Waals surface area contributed by atoms with Gasteiger partial charge in [-0.25, -0.2) is 0 Å². The minimum absolute atomic E-state index is 0.193. The zero-order valence-corrected chi connectivity index (χ0v) is 13.3. The first-order valence-corrected chi connectivity index (χ1v) is 8.59. The van der Waals surface area contributed by atoms with Gasteiger partial charge in [0, 0.05) is 18.5 Å². The molecule has 21 heavy (non-hydrogen) atoms. The number of ether oxygens (including phenoxy) is 1. The van der Waals surface area contributed by atoms with Crippen LogP contribution in [0, 0.1) is 5.92 Å². The summed E-state index contributed by atoms with van der Waals surface area (Å²) >= 11 is 0. The van der Waals surface area contributed by atoms with Crippen LogP contribution in [-0.4, -0.2) is 36.5 Å². The molecule has 4 heteroatoms. The molecule has 0 spiro atoms. The molecular weight excluding hydrogens is 266 g/mol. The molecule has 0 N–H and O–H groups in total. The van der Waals surface area contributed by atoms with Crippen molar-refractivity contribution in [1.29, 1.82) is 0 Å². The molecule has 4 nitrogen and oxygen atoms in total. The SMILES string of the molecule is COC(=O)CCN(C(=O)C1CCCCC1)C1CCCCC1. The lowest BCUT2D eigenvalue weighted by atomic mass is 9.86. The predicted molar refractivity (Wildman–Crippen MR) is 81.8 cm³/mol. The third kappa shape index (κ3) is 4.72. The van der Waals surface area contributed by atoms with Crippen LogP contribution < -0.4 is 0 Å². The van der Waals surface area contributed by atoms with Gasteiger partial charge in [0.15, 0.2) is 0 Å². The average molecular weight is 295 g/mol. The molecule has 2 aliphatic carbocycles. The number of carbonyl (C=O) groups excluding carboxylic acids is 2. The minimum atomic E-state index is -0.216. The first-order valence-electron chi connectivity index (χ1n) is 8.59. The third-order valence-electron chi connectivity index (χ3n) is 5.04. The van der Waals surface area contributed by atoms with Gasteiger partial charge in [0.2, 0.25) is 5.91 Å². The second kappa shape index (κ2) is 8.40. The average Bonchev–Trinajstić information content (AvgIpc) is 2.56. The van der Waals surface area contributed by atoms with E-state index < -0.39 is 0 Å². The number of carbonyl (C=O) groups is 2. The van der Waals surface area contributed by atoms with E-state index in [4.69, 9.17) is 4.74 Å². The highest BCUT2D eigenvalue weighted by atomic mass is 16.5. The van der Waals surface area contributed by atoms with Gasteiger partial charge in [0.05, 0.1) is 13.5 Å². The van der Waals surface area contributed by atoms with Crippen LogP contribution in [0.5, 0.6) is 0 Å². The van der Waals surface area contributed by atoms with E-state index in [1.54, 1.807) is 0 Å². The van der Waals surface area contributed by atoms with Gasteiger partial charge >= 0.3 is 5.97 Å². The van der Waals surface area contributed by atoms with E-state index >= 15 is 0 Å². The number of amides is 1. The topological polar surface area (TPSA) is 46.6 Å². The van der Waals surface area contributed by atoms with Crippen molar-refractivity contribution in [2.45, 2.75) is 76.7 Å². The Bertz CT molecular complexity index is 344. The lowest BCUT2D eigenvalue weighted by Crippen LogP contribution is -2.46. The van der Waals surface area contributed by atoms with Crippen molar-refractivity contribution in [3.63, 3.8) is 0 Å². The van der Waals surface area contributed by atoms with Crippen LogP contribution in [0.3, 0.4) is 0 Å². The molecule has 2 aliphatic rings. The van der Waals surface area contributed by atoms with Crippen LogP contribution in [0.2, 0.25) is 0 Å². The summed E-state index contributed by atoms with van der Waals surface area (Å²) in [5.41, 5.74) is 0. The molecule has 0 aliphatic heterocycles. The Hall–Kier alpha value is -1.06. The molecule has 120 valence electrons. The number of hydrogen-bond acceptors (Lipinski definition) is 3. The number of esters is 1. The zero-order valence-electron chi connectivity index (χ0n) is 13.3. The molecule has 0 bridgehead atoms. The van der Waals surface area contributed by atoms with Crippen LogP contribution in [-0.2, 0) is 14.3 Å². The number of methoxy groups -OCH3 is 1. The van der Waals surface area contributed by atoms with Gasteiger partial charge in [-0.05, 0) is 25.7 Å². The fourth-order valence-corrected chi connectivity index (χ4v) is 3.76. The smallest absolute Gasteiger partial charge is 0.307 e. The van der Waals surface area contributed by atoms with Gasteiger partial charge in [0.1, 0.15) is 0 Å². The van der Waals surface area contributed by atoms with Crippen molar-refractivity contribution >= 4 is 11.9 Å². The van der Waals surface area contributed by atoms with Gasteiger partial charge in [-0.3, -0.25) is 9.59 Å². The van der Waals surface area contributed by atoms with Gasteiger partial charge < -0.3 is 9.64 Å². The molecule has 0 radical (unpaired) electrons. The second-order valence-electron chi connectivity index (χ2n) is 6.48. The van der Waals surface area contributed by atoms with Crippen molar-refractivity contribution < 1.29 is 14.3 Å². The lowest BCUT2D eigenvalue weighted by molar-refractivity contribution is -0.144. The summed E-state index contributed by atoms with van der Waals surface area (Å²) in [7, 11) is 1.41. The molecule has 0 saturated heterocycles. The molecule has 0 aromatic heterocycles. The van der Waals surface area contributed by atoms with Crippen molar-refractivity contribution in [2.75, 3.05) is 13.7 Å². The Kier molecular flexibility index (Phi) is 6.52. The van der Waals surface area contributed by atoms with E-state index in [1.165, 1.54) is 45.6 Å². The summed E-state index contributed by atoms with van der Waals surface area (Å²) in [5.74, 6) is 0.274. The summed E-state index contributed by atoms with van der Waals surface area (Å²) in [5, 5.41) is 0. The maximum Gasteiger partial charge on any atom is 0.307 e. The van der Waals surface area contributed by atoms with Crippen LogP contribution >= 0.6 is 0 Å². The van der Waals surface area contributed by atoms with Crippen molar-refractivity contribution in [3.8, 4) is 0 Å². The van der Waals surface area contributed by atoms with E-state index in [0.29, 0.717) is 24.9 Å². The van der Waals surface area contributed by atoms with Gasteiger partial charge in [-0.2, -0.15) is 0 Å². The number of rotatable bonds is 5. The lowest BCUT2D eigenvalue weighted by Gasteiger charge is -2.37. The molecule has 2 saturated carbocycles. The van der Waals surface area contributed by atoms with E-state index in [-0.39, 0.29) is 11.9 Å². The highest BCUT2D eigenvalue weighted by molar-refractivity contribution is 5.80. The molecule has 2 rings (SSSR count). The Labute approximate surface area is 128 Å². The maximum absolute atomic E-state index is 12.9. The maximum atomic E-state index is 12.9. The van der Waals surface area contributed by atoms with Crippen molar-refractivity contribution in [3.05, 3.63) is 0 Å². The Balaban J connectivity index is 1.98. The number of nitrogens with zero attached hydrogens (tertiary/aromatic N) is 1. The van der Waals surface area contributed by atoms with Crippen molar-refractivity contribution in [2.24, 2.45) is 5.92 Å². The largest absolute Gasteiger partial charge is 0.469 e. The zero-order chi connectivity index (χ0) is 15.1. The summed E-state index contributed by atoms with van der Waals surface area (Å²) < 4.78 is 4.74. The molecular formula is C17H29NO3. The minimum Gasteiger partial charge on any atom is -0.469 e. The van der Waals surface area contributed by atoms with Gasteiger partial charge in [-0.1, -0.05) is 38.5 Å². The summed E-state index contributed by atoms with van der Waals surface area (Å²) in [6.07, 6.45) is 11.9. The fraction of sp³-hybridized carbons (Fsp3) is 0.882. The predicted octanol–water partition coefficient (Wildman–Crippen LogP) is 3.29. The van der Waals surface area contributed by atoms with Crippen LogP contribution in [0.1, 0.15) is 70.6 Å². The summed E-state index contributed by atoms with van der Waals surface area (Å²) in [4.78, 5) is 26.3. The molecule has 1 amide bonds. The van der Waals surface area contributed by atoms with Crippen molar-refractivity contribution in [1.82, 2.24) is 4.90 Å². The third-order valence-corrected chi connectivity index (χ3v) is 5.04. The Morgan fingerprint density at radius 1 is 0.952 bits per heavy atom. The van der Waals surface area contributed by atoms with Gasteiger partial charge in [-0.15, -0.1) is 0 Å². The molecule has 0 aromatic rings. The molecule has 0 atom stereocenters. The van der Waals surface area contributed by atoms with Crippen LogP contribution in [0.25, 0.3) is 0 Å². The van der Waals surface area contributed by atoms with Crippen LogP contribution in [0.4, 0.5) is 0 Å². The quantitative estimate of drug-likeness (QED) is 0.731. The Morgan fingerprint density at radius 2 is 1.52 bits per heavy atom. The monoisotopic (exact) mass is 295 g/mol. The molecule has 2 fully saturated rings. The molecule has 0 aromatic carbocycles. The normalized spacial score (nSPS) is 21.0. The summed E-state index contributed by atoms with van der Waals surface area (Å²) in [6.45, 7) is 0.534. The van der Waals surface area contributed by atoms with E-state index in [9.17, 15) is 9.59 Å². The highest BCUT2D eigenvalue weighted by Gasteiger charge is 2.31. The van der Waals surface area contributed by atoms with Crippen LogP contribution in [0.15, 0.2) is 0 Å². The molecule has 0 unspecified atom stereocenters. The summed E-state index contributed by atoms with van der Waals surface area (Å²) in [6, 6.07) is 0.345. The molecule has 0 heterocycles. The van der Waals surface area contributed by atoms with E-state index in [2.05, 4.69) is 0 Å². The van der Waals surface area contributed by atoms with E-state index in [0.717, 1.165) is 25.7 Å². The second-order valence-corrected chi connectivity index (χ2v) is 6.48. The number of hydrogen-bond donors (Lipinski definition) is 0. The Morgan fingerprint density at radius 3 is 2.10 bits per heavy atom. The highest BCUT2D eigenvalue weighted by Crippen LogP contribution is 2.29. The standard InChI is InChI=1S/C17H29NO3/c1-21-16(19)12-13-18(15-10-6-3-7-11-15)17(20)14-8-4-2-5-9-14/h14-15H,2-13H2,1H3.